The first kappa shape index (κ1) is 11.3. The molecule has 0 amide bonds. The van der Waals surface area contributed by atoms with Crippen LogP contribution in [0.15, 0.2) is 21.0 Å². The van der Waals surface area contributed by atoms with Crippen molar-refractivity contribution >= 4 is 5.97 Å². The van der Waals surface area contributed by atoms with Crippen molar-refractivity contribution in [2.24, 2.45) is 0 Å². The summed E-state index contributed by atoms with van der Waals surface area (Å²) in [6, 6.07) is 3.05. The Hall–Kier alpha value is -2.18. The van der Waals surface area contributed by atoms with Gasteiger partial charge in [0, 0.05) is 0 Å². The number of aromatic nitrogens is 1. The number of hydrogen-bond donors (Lipinski definition) is 1. The Morgan fingerprint density at radius 1 is 1.41 bits per heavy atom. The molecule has 0 unspecified atom stereocenters. The van der Waals surface area contributed by atoms with E-state index in [0.717, 1.165) is 0 Å². The van der Waals surface area contributed by atoms with E-state index < -0.39 is 23.8 Å². The summed E-state index contributed by atoms with van der Waals surface area (Å²) >= 11 is 0. The van der Waals surface area contributed by atoms with Crippen LogP contribution in [0.3, 0.4) is 0 Å². The first-order valence-corrected chi connectivity index (χ1v) is 4.58. The van der Waals surface area contributed by atoms with Crippen molar-refractivity contribution in [2.45, 2.75) is 13.3 Å². The van der Waals surface area contributed by atoms with Gasteiger partial charge >= 0.3 is 5.97 Å². The van der Waals surface area contributed by atoms with Gasteiger partial charge in [0.2, 0.25) is 5.76 Å². The maximum Gasteiger partial charge on any atom is 0.374 e. The van der Waals surface area contributed by atoms with Gasteiger partial charge in [0.1, 0.15) is 5.76 Å². The summed E-state index contributed by atoms with van der Waals surface area (Å²) in [6.07, 6.45) is -3.02. The highest BCUT2D eigenvalue weighted by Crippen LogP contribution is 2.29. The zero-order valence-corrected chi connectivity index (χ0v) is 8.61. The number of aryl methyl sites for hydroxylation is 1. The van der Waals surface area contributed by atoms with Gasteiger partial charge in [-0.05, 0) is 19.1 Å². The summed E-state index contributed by atoms with van der Waals surface area (Å²) < 4.78 is 34.9. The summed E-state index contributed by atoms with van der Waals surface area (Å²) in [5.74, 6) is -2.09. The molecule has 17 heavy (non-hydrogen) atoms. The number of nitrogens with zero attached hydrogens (tertiary/aromatic N) is 1. The Morgan fingerprint density at radius 2 is 2.12 bits per heavy atom. The van der Waals surface area contributed by atoms with E-state index in [4.69, 9.17) is 13.9 Å². The van der Waals surface area contributed by atoms with Crippen molar-refractivity contribution in [3.05, 3.63) is 29.3 Å². The predicted octanol–water partition coefficient (Wildman–Crippen LogP) is 2.88. The summed E-state index contributed by atoms with van der Waals surface area (Å²) in [5, 5.41) is 8.68. The lowest BCUT2D eigenvalue weighted by atomic mass is 10.3. The van der Waals surface area contributed by atoms with Crippen LogP contribution in [-0.2, 0) is 0 Å². The molecule has 0 saturated heterocycles. The topological polar surface area (TPSA) is 76.5 Å². The normalized spacial score (nSPS) is 11.1. The van der Waals surface area contributed by atoms with E-state index in [2.05, 4.69) is 4.98 Å². The Balaban J connectivity index is 2.50. The van der Waals surface area contributed by atoms with Gasteiger partial charge in [-0.2, -0.15) is 0 Å². The van der Waals surface area contributed by atoms with E-state index in [1.54, 1.807) is 13.0 Å². The summed E-state index contributed by atoms with van der Waals surface area (Å²) in [5.41, 5.74) is -0.901. The highest BCUT2D eigenvalue weighted by Gasteiger charge is 2.27. The third-order valence-electron chi connectivity index (χ3n) is 2.01. The zero-order valence-electron chi connectivity index (χ0n) is 8.61. The number of alkyl halides is 2. The quantitative estimate of drug-likeness (QED) is 0.896. The van der Waals surface area contributed by atoms with Gasteiger partial charge in [0.25, 0.3) is 12.3 Å². The van der Waals surface area contributed by atoms with Gasteiger partial charge < -0.3 is 13.9 Å². The van der Waals surface area contributed by atoms with E-state index in [1.807, 2.05) is 0 Å². The van der Waals surface area contributed by atoms with Crippen LogP contribution in [0.1, 0.15) is 28.4 Å². The van der Waals surface area contributed by atoms with Crippen molar-refractivity contribution in [1.82, 2.24) is 4.98 Å². The summed E-state index contributed by atoms with van der Waals surface area (Å²) in [7, 11) is 0. The average Bonchev–Trinajstić information content (AvgIpc) is 2.82. The molecule has 2 aromatic heterocycles. The molecule has 0 atom stereocenters. The molecule has 0 saturated carbocycles. The lowest BCUT2D eigenvalue weighted by molar-refractivity contribution is 0.0646. The van der Waals surface area contributed by atoms with Gasteiger partial charge in [-0.3, -0.25) is 0 Å². The molecule has 0 aliphatic rings. The second-order valence-electron chi connectivity index (χ2n) is 3.25. The lowest BCUT2D eigenvalue weighted by Crippen LogP contribution is -1.99. The Kier molecular flexibility index (Phi) is 2.66. The number of hydrogen-bond acceptors (Lipinski definition) is 4. The van der Waals surface area contributed by atoms with Gasteiger partial charge in [-0.1, -0.05) is 0 Å². The second-order valence-corrected chi connectivity index (χ2v) is 3.25. The van der Waals surface area contributed by atoms with Crippen LogP contribution in [0, 0.1) is 6.92 Å². The van der Waals surface area contributed by atoms with Gasteiger partial charge in [0.05, 0.1) is 0 Å². The molecule has 7 heteroatoms. The van der Waals surface area contributed by atoms with E-state index in [-0.39, 0.29) is 11.7 Å². The van der Waals surface area contributed by atoms with E-state index in [9.17, 15) is 13.6 Å². The molecule has 90 valence electrons. The maximum atomic E-state index is 12.5. The van der Waals surface area contributed by atoms with E-state index in [0.29, 0.717) is 5.76 Å². The number of aromatic carboxylic acids is 1. The number of carboxylic acid groups (broad SMARTS) is 1. The molecule has 0 radical (unpaired) electrons. The number of halogens is 2. The highest BCUT2D eigenvalue weighted by molar-refractivity contribution is 5.86. The molecule has 0 fully saturated rings. The molecular weight excluding hydrogens is 236 g/mol. The van der Waals surface area contributed by atoms with Crippen LogP contribution in [0.4, 0.5) is 8.78 Å². The molecule has 0 spiro atoms. The number of rotatable bonds is 3. The Morgan fingerprint density at radius 3 is 2.53 bits per heavy atom. The largest absolute Gasteiger partial charge is 0.475 e. The molecular formula is C10H7F2NO4. The fraction of sp³-hybridized carbons (Fsp3) is 0.200. The SMILES string of the molecule is Cc1ccc(-c2nc(C(F)F)c(C(=O)O)o2)o1. The Bertz CT molecular complexity index is 558. The molecule has 0 aliphatic heterocycles. The molecule has 0 bridgehead atoms. The molecule has 1 N–H and O–H groups in total. The fourth-order valence-corrected chi connectivity index (χ4v) is 1.29. The van der Waals surface area contributed by atoms with Crippen LogP contribution in [-0.4, -0.2) is 16.1 Å². The van der Waals surface area contributed by atoms with Crippen molar-refractivity contribution in [3.8, 4) is 11.7 Å². The summed E-state index contributed by atoms with van der Waals surface area (Å²) in [4.78, 5) is 14.1. The van der Waals surface area contributed by atoms with Crippen LogP contribution in [0.25, 0.3) is 11.7 Å². The van der Waals surface area contributed by atoms with Gasteiger partial charge in [0.15, 0.2) is 11.5 Å². The molecule has 0 aliphatic carbocycles. The molecule has 0 aromatic carbocycles. The van der Waals surface area contributed by atoms with Crippen LogP contribution in [0.2, 0.25) is 0 Å². The molecule has 5 nitrogen and oxygen atoms in total. The first-order chi connectivity index (χ1) is 7.99. The smallest absolute Gasteiger partial charge is 0.374 e. The van der Waals surface area contributed by atoms with E-state index in [1.165, 1.54) is 6.07 Å². The summed E-state index contributed by atoms with van der Waals surface area (Å²) in [6.45, 7) is 1.65. The van der Waals surface area contributed by atoms with Crippen molar-refractivity contribution in [1.29, 1.82) is 0 Å². The molecule has 2 rings (SSSR count). The van der Waals surface area contributed by atoms with Gasteiger partial charge in [-0.25, -0.2) is 18.6 Å². The first-order valence-electron chi connectivity index (χ1n) is 4.58. The van der Waals surface area contributed by atoms with Crippen LogP contribution < -0.4 is 0 Å². The van der Waals surface area contributed by atoms with E-state index >= 15 is 0 Å². The fourth-order valence-electron chi connectivity index (χ4n) is 1.29. The second kappa shape index (κ2) is 4.00. The third kappa shape index (κ3) is 2.03. The number of oxazole rings is 1. The van der Waals surface area contributed by atoms with Gasteiger partial charge in [-0.15, -0.1) is 0 Å². The number of carboxylic acids is 1. The van der Waals surface area contributed by atoms with Crippen molar-refractivity contribution in [3.63, 3.8) is 0 Å². The molecule has 2 aromatic rings. The highest BCUT2D eigenvalue weighted by atomic mass is 19.3. The minimum Gasteiger partial charge on any atom is -0.475 e. The Labute approximate surface area is 93.7 Å². The lowest BCUT2D eigenvalue weighted by Gasteiger charge is -1.91. The minimum absolute atomic E-state index is 0.108. The monoisotopic (exact) mass is 243 g/mol. The van der Waals surface area contributed by atoms with Crippen molar-refractivity contribution in [2.75, 3.05) is 0 Å². The van der Waals surface area contributed by atoms with Crippen LogP contribution in [0.5, 0.6) is 0 Å². The predicted molar refractivity (Wildman–Crippen MR) is 50.9 cm³/mol. The number of furan rings is 1. The minimum atomic E-state index is -3.02. The molecule has 2 heterocycles. The average molecular weight is 243 g/mol. The van der Waals surface area contributed by atoms with Crippen molar-refractivity contribution < 1.29 is 27.5 Å². The van der Waals surface area contributed by atoms with Crippen LogP contribution >= 0.6 is 0 Å². The maximum absolute atomic E-state index is 12.5. The third-order valence-corrected chi connectivity index (χ3v) is 2.01. The zero-order chi connectivity index (χ0) is 12.6. The standard InChI is InChI=1S/C10H7F2NO4/c1-4-2-3-5(16-4)9-13-6(8(11)12)7(17-9)10(14)15/h2-3,8H,1H3,(H,14,15). The number of carbonyl (C=O) groups is 1.